The van der Waals surface area contributed by atoms with Crippen molar-refractivity contribution in [2.45, 2.75) is 10.9 Å². The van der Waals surface area contributed by atoms with Crippen molar-refractivity contribution in [3.8, 4) is 0 Å². The van der Waals surface area contributed by atoms with Crippen LogP contribution in [0, 0.1) is 5.92 Å². The number of carbonyl (C=O) groups is 2. The SMILES string of the molecule is NCC1=CC2C(C(=O)C1=O)C(c1ccccc1)=CN2S(=O)(=O)c1ccccc1. The van der Waals surface area contributed by atoms with E-state index < -0.39 is 33.5 Å². The number of rotatable bonds is 4. The van der Waals surface area contributed by atoms with Crippen molar-refractivity contribution in [2.75, 3.05) is 6.54 Å². The van der Waals surface area contributed by atoms with Gasteiger partial charge in [-0.1, -0.05) is 54.6 Å². The summed E-state index contributed by atoms with van der Waals surface area (Å²) in [7, 11) is -3.91. The monoisotopic (exact) mass is 394 g/mol. The Morgan fingerprint density at radius 1 is 0.929 bits per heavy atom. The molecule has 4 rings (SSSR count). The molecule has 2 aromatic rings. The van der Waals surface area contributed by atoms with Gasteiger partial charge in [-0.2, -0.15) is 0 Å². The van der Waals surface area contributed by atoms with E-state index in [4.69, 9.17) is 5.73 Å². The maximum absolute atomic E-state index is 13.3. The second-order valence-electron chi connectivity index (χ2n) is 6.66. The van der Waals surface area contributed by atoms with Crippen LogP contribution in [0.4, 0.5) is 0 Å². The van der Waals surface area contributed by atoms with Crippen LogP contribution in [0.2, 0.25) is 0 Å². The normalized spacial score (nSPS) is 22.0. The zero-order chi connectivity index (χ0) is 19.9. The van der Waals surface area contributed by atoms with Crippen LogP contribution in [-0.2, 0) is 19.6 Å². The molecule has 7 heteroatoms. The first-order valence-corrected chi connectivity index (χ1v) is 10.2. The summed E-state index contributed by atoms with van der Waals surface area (Å²) in [6.07, 6.45) is 2.98. The van der Waals surface area contributed by atoms with E-state index in [-0.39, 0.29) is 17.0 Å². The molecule has 1 aliphatic carbocycles. The molecule has 28 heavy (non-hydrogen) atoms. The van der Waals surface area contributed by atoms with E-state index in [1.807, 2.05) is 6.07 Å². The number of fused-ring (bicyclic) bond motifs is 1. The highest BCUT2D eigenvalue weighted by Gasteiger charge is 2.49. The van der Waals surface area contributed by atoms with E-state index in [1.54, 1.807) is 42.5 Å². The quantitative estimate of drug-likeness (QED) is 0.797. The van der Waals surface area contributed by atoms with Gasteiger partial charge in [0, 0.05) is 18.3 Å². The minimum atomic E-state index is -3.91. The van der Waals surface area contributed by atoms with Crippen LogP contribution in [0.25, 0.3) is 5.57 Å². The molecule has 1 aliphatic heterocycles. The minimum Gasteiger partial charge on any atom is -0.326 e. The van der Waals surface area contributed by atoms with Crippen LogP contribution >= 0.6 is 0 Å². The summed E-state index contributed by atoms with van der Waals surface area (Å²) in [6.45, 7) is -0.117. The Labute approximate surface area is 163 Å². The molecule has 2 N–H and O–H groups in total. The second-order valence-corrected chi connectivity index (χ2v) is 8.50. The molecule has 0 radical (unpaired) electrons. The fourth-order valence-electron chi connectivity index (χ4n) is 3.67. The average Bonchev–Trinajstić information content (AvgIpc) is 3.12. The number of benzene rings is 2. The van der Waals surface area contributed by atoms with Crippen LogP contribution in [0.1, 0.15) is 5.56 Å². The summed E-state index contributed by atoms with van der Waals surface area (Å²) >= 11 is 0. The summed E-state index contributed by atoms with van der Waals surface area (Å²) in [6, 6.07) is 16.2. The Bertz CT molecular complexity index is 1110. The molecule has 2 atom stereocenters. The maximum Gasteiger partial charge on any atom is 0.264 e. The zero-order valence-corrected chi connectivity index (χ0v) is 15.7. The van der Waals surface area contributed by atoms with E-state index in [0.29, 0.717) is 11.1 Å². The standard InChI is InChI=1S/C21H18N2O4S/c22-12-15-11-18-19(21(25)20(15)24)17(14-7-3-1-4-8-14)13-23(18)28(26,27)16-9-5-2-6-10-16/h1-11,13,18-19H,12,22H2. The lowest BCUT2D eigenvalue weighted by molar-refractivity contribution is -0.136. The van der Waals surface area contributed by atoms with Gasteiger partial charge in [0.1, 0.15) is 0 Å². The van der Waals surface area contributed by atoms with Crippen molar-refractivity contribution < 1.29 is 18.0 Å². The van der Waals surface area contributed by atoms with Gasteiger partial charge >= 0.3 is 0 Å². The topological polar surface area (TPSA) is 97.5 Å². The molecule has 0 fully saturated rings. The fourth-order valence-corrected chi connectivity index (χ4v) is 5.17. The van der Waals surface area contributed by atoms with Crippen LogP contribution in [0.5, 0.6) is 0 Å². The number of nitrogens with zero attached hydrogens (tertiary/aromatic N) is 1. The number of hydrogen-bond donors (Lipinski definition) is 1. The number of carbonyl (C=O) groups excluding carboxylic acids is 2. The van der Waals surface area contributed by atoms with Gasteiger partial charge in [-0.25, -0.2) is 8.42 Å². The Morgan fingerprint density at radius 2 is 1.54 bits per heavy atom. The lowest BCUT2D eigenvalue weighted by atomic mass is 9.79. The predicted octanol–water partition coefficient (Wildman–Crippen LogP) is 1.75. The third kappa shape index (κ3) is 2.80. The molecule has 0 saturated carbocycles. The first kappa shape index (κ1) is 18.3. The minimum absolute atomic E-state index is 0.117. The highest BCUT2D eigenvalue weighted by atomic mass is 32.2. The Hall–Kier alpha value is -3.03. The molecule has 2 aromatic carbocycles. The van der Waals surface area contributed by atoms with E-state index in [2.05, 4.69) is 0 Å². The van der Waals surface area contributed by atoms with Crippen LogP contribution in [0.3, 0.4) is 0 Å². The van der Waals surface area contributed by atoms with E-state index in [0.717, 1.165) is 0 Å². The average molecular weight is 394 g/mol. The zero-order valence-electron chi connectivity index (χ0n) is 14.9. The molecule has 142 valence electrons. The van der Waals surface area contributed by atoms with Crippen LogP contribution in [-0.4, -0.2) is 36.9 Å². The number of hydrogen-bond acceptors (Lipinski definition) is 5. The van der Waals surface area contributed by atoms with Crippen molar-refractivity contribution in [3.05, 3.63) is 84.1 Å². The van der Waals surface area contributed by atoms with Gasteiger partial charge < -0.3 is 5.73 Å². The van der Waals surface area contributed by atoms with Gasteiger partial charge in [0.05, 0.1) is 16.9 Å². The van der Waals surface area contributed by atoms with Crippen molar-refractivity contribution in [1.82, 2.24) is 4.31 Å². The third-order valence-electron chi connectivity index (χ3n) is 5.05. The Balaban J connectivity index is 1.90. The van der Waals surface area contributed by atoms with Gasteiger partial charge in [-0.15, -0.1) is 0 Å². The summed E-state index contributed by atoms with van der Waals surface area (Å²) in [5, 5.41) is 0. The van der Waals surface area contributed by atoms with E-state index in [9.17, 15) is 18.0 Å². The van der Waals surface area contributed by atoms with Gasteiger partial charge in [-0.3, -0.25) is 13.9 Å². The fraction of sp³-hybridized carbons (Fsp3) is 0.143. The van der Waals surface area contributed by atoms with Crippen LogP contribution in [0.15, 0.2) is 83.4 Å². The number of nitrogens with two attached hydrogens (primary N) is 1. The molecule has 2 unspecified atom stereocenters. The molecule has 1 heterocycles. The van der Waals surface area contributed by atoms with Gasteiger partial charge in [0.25, 0.3) is 10.0 Å². The molecule has 0 spiro atoms. The summed E-state index contributed by atoms with van der Waals surface area (Å²) < 4.78 is 27.7. The first-order valence-electron chi connectivity index (χ1n) is 8.80. The van der Waals surface area contributed by atoms with Gasteiger partial charge in [0.2, 0.25) is 11.6 Å². The van der Waals surface area contributed by atoms with Crippen molar-refractivity contribution >= 4 is 27.2 Å². The molecule has 2 aliphatic rings. The number of sulfonamides is 1. The van der Waals surface area contributed by atoms with Gasteiger partial charge in [0.15, 0.2) is 0 Å². The maximum atomic E-state index is 13.3. The second kappa shape index (κ2) is 6.85. The molecular weight excluding hydrogens is 376 g/mol. The molecular formula is C21H18N2O4S. The van der Waals surface area contributed by atoms with Crippen LogP contribution < -0.4 is 5.73 Å². The molecule has 0 saturated heterocycles. The number of Topliss-reactive ketones (excluding diaryl/α,β-unsaturated/α-hetero) is 2. The van der Waals surface area contributed by atoms with Gasteiger partial charge in [-0.05, 0) is 23.3 Å². The lowest BCUT2D eigenvalue weighted by Gasteiger charge is -2.30. The smallest absolute Gasteiger partial charge is 0.264 e. The van der Waals surface area contributed by atoms with Crippen molar-refractivity contribution in [1.29, 1.82) is 0 Å². The van der Waals surface area contributed by atoms with Crippen molar-refractivity contribution in [3.63, 3.8) is 0 Å². The summed E-state index contributed by atoms with van der Waals surface area (Å²) in [5.74, 6) is -2.16. The Kier molecular flexibility index (Phi) is 4.49. The molecule has 0 amide bonds. The first-order chi connectivity index (χ1) is 13.4. The molecule has 6 nitrogen and oxygen atoms in total. The largest absolute Gasteiger partial charge is 0.326 e. The molecule has 0 bridgehead atoms. The van der Waals surface area contributed by atoms with E-state index in [1.165, 1.54) is 28.7 Å². The molecule has 0 aromatic heterocycles. The predicted molar refractivity (Wildman–Crippen MR) is 104 cm³/mol. The number of ketones is 2. The van der Waals surface area contributed by atoms with E-state index >= 15 is 0 Å². The highest BCUT2D eigenvalue weighted by molar-refractivity contribution is 7.89. The summed E-state index contributed by atoms with van der Waals surface area (Å²) in [5.41, 5.74) is 6.98. The summed E-state index contributed by atoms with van der Waals surface area (Å²) in [4.78, 5) is 25.4. The lowest BCUT2D eigenvalue weighted by Crippen LogP contribution is -2.45. The third-order valence-corrected chi connectivity index (χ3v) is 6.82. The highest BCUT2D eigenvalue weighted by Crippen LogP contribution is 2.42. The van der Waals surface area contributed by atoms with Crippen molar-refractivity contribution in [2.24, 2.45) is 11.7 Å². The Morgan fingerprint density at radius 3 is 2.14 bits per heavy atom.